The zero-order valence-electron chi connectivity index (χ0n) is 17.0. The smallest absolute Gasteiger partial charge is 0.255 e. The number of benzene rings is 2. The summed E-state index contributed by atoms with van der Waals surface area (Å²) in [5, 5.41) is 3.14. The summed E-state index contributed by atoms with van der Waals surface area (Å²) in [7, 11) is -0.389. The molecule has 0 unspecified atom stereocenters. The van der Waals surface area contributed by atoms with Crippen LogP contribution in [0.2, 0.25) is 5.02 Å². The van der Waals surface area contributed by atoms with E-state index in [1.54, 1.807) is 40.7 Å². The van der Waals surface area contributed by atoms with Crippen LogP contribution < -0.4 is 14.8 Å². The number of ether oxygens (including phenoxy) is 2. The fourth-order valence-corrected chi connectivity index (χ4v) is 5.19. The maximum atomic E-state index is 12.6. The summed E-state index contributed by atoms with van der Waals surface area (Å²) in [5.41, 5.74) is 1.45. The van der Waals surface area contributed by atoms with Gasteiger partial charge in [0.05, 0.1) is 30.7 Å². The summed E-state index contributed by atoms with van der Waals surface area (Å²) in [5.74, 6) is 0.379. The molecule has 1 N–H and O–H groups in total. The molecule has 0 bridgehead atoms. The van der Waals surface area contributed by atoms with Crippen molar-refractivity contribution in [1.82, 2.24) is 4.31 Å². The van der Waals surface area contributed by atoms with E-state index in [2.05, 4.69) is 5.32 Å². The SMILES string of the molecule is COc1cc(NC(=O)c2ccc(CS(=O)(=O)N3CCCCC3)cc2)c(OC)cc1Cl. The van der Waals surface area contributed by atoms with Crippen LogP contribution in [0.25, 0.3) is 0 Å². The topological polar surface area (TPSA) is 84.9 Å². The van der Waals surface area contributed by atoms with Crippen LogP contribution >= 0.6 is 11.6 Å². The lowest BCUT2D eigenvalue weighted by molar-refractivity contribution is 0.102. The van der Waals surface area contributed by atoms with Crippen molar-refractivity contribution in [1.29, 1.82) is 0 Å². The third-order valence-corrected chi connectivity index (χ3v) is 7.14. The highest BCUT2D eigenvalue weighted by Gasteiger charge is 2.24. The molecule has 2 aromatic rings. The first-order valence-corrected chi connectivity index (χ1v) is 11.6. The predicted octanol–water partition coefficient (Wildman–Crippen LogP) is 3.93. The Bertz CT molecular complexity index is 1000. The first kappa shape index (κ1) is 22.4. The number of methoxy groups -OCH3 is 2. The van der Waals surface area contributed by atoms with E-state index < -0.39 is 10.0 Å². The monoisotopic (exact) mass is 452 g/mol. The van der Waals surface area contributed by atoms with Crippen LogP contribution in [0.5, 0.6) is 11.5 Å². The molecule has 1 fully saturated rings. The molecule has 0 radical (unpaired) electrons. The molecular weight excluding hydrogens is 428 g/mol. The van der Waals surface area contributed by atoms with Crippen molar-refractivity contribution < 1.29 is 22.7 Å². The number of piperidine rings is 1. The molecule has 1 aliphatic heterocycles. The lowest BCUT2D eigenvalue weighted by Gasteiger charge is -2.25. The molecule has 3 rings (SSSR count). The van der Waals surface area contributed by atoms with Crippen molar-refractivity contribution in [3.8, 4) is 11.5 Å². The van der Waals surface area contributed by atoms with Crippen LogP contribution in [-0.2, 0) is 15.8 Å². The Hall–Kier alpha value is -2.29. The van der Waals surface area contributed by atoms with Crippen molar-refractivity contribution in [2.24, 2.45) is 0 Å². The van der Waals surface area contributed by atoms with Gasteiger partial charge in [-0.15, -0.1) is 0 Å². The van der Waals surface area contributed by atoms with Crippen molar-refractivity contribution in [2.45, 2.75) is 25.0 Å². The number of hydrogen-bond acceptors (Lipinski definition) is 5. The van der Waals surface area contributed by atoms with Crippen LogP contribution in [0.1, 0.15) is 35.2 Å². The number of nitrogens with zero attached hydrogens (tertiary/aromatic N) is 1. The Kier molecular flexibility index (Phi) is 7.23. The summed E-state index contributed by atoms with van der Waals surface area (Å²) in [6, 6.07) is 9.68. The average Bonchev–Trinajstić information content (AvgIpc) is 2.75. The van der Waals surface area contributed by atoms with E-state index in [0.29, 0.717) is 46.4 Å². The lowest BCUT2D eigenvalue weighted by atomic mass is 10.1. The van der Waals surface area contributed by atoms with E-state index in [1.165, 1.54) is 14.2 Å². The minimum absolute atomic E-state index is 0.0723. The van der Waals surface area contributed by atoms with Gasteiger partial charge in [-0.05, 0) is 30.5 Å². The second kappa shape index (κ2) is 9.68. The van der Waals surface area contributed by atoms with Gasteiger partial charge in [0.25, 0.3) is 5.91 Å². The molecule has 0 aromatic heterocycles. The molecule has 1 saturated heterocycles. The molecule has 0 saturated carbocycles. The largest absolute Gasteiger partial charge is 0.495 e. The van der Waals surface area contributed by atoms with Crippen molar-refractivity contribution in [3.05, 3.63) is 52.5 Å². The van der Waals surface area contributed by atoms with Gasteiger partial charge in [0.1, 0.15) is 11.5 Å². The summed E-state index contributed by atoms with van der Waals surface area (Å²) in [6.07, 6.45) is 2.87. The maximum Gasteiger partial charge on any atom is 0.255 e. The fourth-order valence-electron chi connectivity index (χ4n) is 3.35. The molecular formula is C21H25ClN2O5S. The third kappa shape index (κ3) is 5.24. The number of anilines is 1. The molecule has 0 spiro atoms. The summed E-state index contributed by atoms with van der Waals surface area (Å²) in [4.78, 5) is 12.6. The quantitative estimate of drug-likeness (QED) is 0.688. The second-order valence-electron chi connectivity index (χ2n) is 7.05. The molecule has 1 heterocycles. The van der Waals surface area contributed by atoms with Gasteiger partial charge in [0.15, 0.2) is 0 Å². The first-order valence-electron chi connectivity index (χ1n) is 9.63. The van der Waals surface area contributed by atoms with Crippen molar-refractivity contribution >= 4 is 33.2 Å². The minimum atomic E-state index is -3.35. The number of hydrogen-bond donors (Lipinski definition) is 1. The molecule has 2 aromatic carbocycles. The standard InChI is InChI=1S/C21H25ClN2O5S/c1-28-19-13-18(20(29-2)12-17(19)22)23-21(25)16-8-6-15(7-9-16)14-30(26,27)24-10-4-3-5-11-24/h6-9,12-13H,3-5,10-11,14H2,1-2H3,(H,23,25). The number of halogens is 1. The van der Waals surface area contributed by atoms with Crippen LogP contribution in [-0.4, -0.2) is 45.9 Å². The normalized spacial score (nSPS) is 14.9. The Morgan fingerprint density at radius 2 is 1.67 bits per heavy atom. The highest BCUT2D eigenvalue weighted by molar-refractivity contribution is 7.88. The number of rotatable bonds is 7. The number of amides is 1. The lowest BCUT2D eigenvalue weighted by Crippen LogP contribution is -2.36. The summed E-state index contributed by atoms with van der Waals surface area (Å²) < 4.78 is 37.2. The zero-order chi connectivity index (χ0) is 21.7. The van der Waals surface area contributed by atoms with E-state index in [-0.39, 0.29) is 11.7 Å². The molecule has 7 nitrogen and oxygen atoms in total. The third-order valence-electron chi connectivity index (χ3n) is 5.00. The number of carbonyl (C=O) groups is 1. The molecule has 30 heavy (non-hydrogen) atoms. The number of nitrogens with one attached hydrogen (secondary N) is 1. The van der Waals surface area contributed by atoms with Gasteiger partial charge in [-0.2, -0.15) is 0 Å². The Balaban J connectivity index is 1.71. The van der Waals surface area contributed by atoms with Gasteiger partial charge in [0, 0.05) is 30.8 Å². The first-order chi connectivity index (χ1) is 14.3. The van der Waals surface area contributed by atoms with Gasteiger partial charge in [-0.25, -0.2) is 12.7 Å². The highest BCUT2D eigenvalue weighted by Crippen LogP contribution is 2.36. The van der Waals surface area contributed by atoms with E-state index in [1.807, 2.05) is 0 Å². The number of sulfonamides is 1. The van der Waals surface area contributed by atoms with Gasteiger partial charge < -0.3 is 14.8 Å². The second-order valence-corrected chi connectivity index (χ2v) is 9.43. The van der Waals surface area contributed by atoms with Gasteiger partial charge in [0.2, 0.25) is 10.0 Å². The van der Waals surface area contributed by atoms with E-state index in [0.717, 1.165) is 19.3 Å². The van der Waals surface area contributed by atoms with Crippen LogP contribution in [0.15, 0.2) is 36.4 Å². The maximum absolute atomic E-state index is 12.6. The van der Waals surface area contributed by atoms with E-state index >= 15 is 0 Å². The van der Waals surface area contributed by atoms with Gasteiger partial charge in [-0.3, -0.25) is 4.79 Å². The molecule has 1 aliphatic rings. The average molecular weight is 453 g/mol. The summed E-state index contributed by atoms with van der Waals surface area (Å²) in [6.45, 7) is 1.16. The molecule has 0 aliphatic carbocycles. The van der Waals surface area contributed by atoms with E-state index in [9.17, 15) is 13.2 Å². The van der Waals surface area contributed by atoms with Crippen LogP contribution in [0.3, 0.4) is 0 Å². The van der Waals surface area contributed by atoms with E-state index in [4.69, 9.17) is 21.1 Å². The van der Waals surface area contributed by atoms with Crippen molar-refractivity contribution in [3.63, 3.8) is 0 Å². The Morgan fingerprint density at radius 1 is 1.03 bits per heavy atom. The molecule has 1 amide bonds. The predicted molar refractivity (Wildman–Crippen MR) is 117 cm³/mol. The highest BCUT2D eigenvalue weighted by atomic mass is 35.5. The minimum Gasteiger partial charge on any atom is -0.495 e. The Morgan fingerprint density at radius 3 is 2.27 bits per heavy atom. The van der Waals surface area contributed by atoms with Crippen LogP contribution in [0, 0.1) is 0 Å². The van der Waals surface area contributed by atoms with Crippen molar-refractivity contribution in [2.75, 3.05) is 32.6 Å². The molecule has 0 atom stereocenters. The summed E-state index contributed by atoms with van der Waals surface area (Å²) >= 11 is 6.09. The molecule has 162 valence electrons. The molecule has 9 heteroatoms. The van der Waals surface area contributed by atoms with Gasteiger partial charge in [-0.1, -0.05) is 30.2 Å². The fraction of sp³-hybridized carbons (Fsp3) is 0.381. The zero-order valence-corrected chi connectivity index (χ0v) is 18.6. The number of carbonyl (C=O) groups excluding carboxylic acids is 1. The van der Waals surface area contributed by atoms with Crippen LogP contribution in [0.4, 0.5) is 5.69 Å². The van der Waals surface area contributed by atoms with Gasteiger partial charge >= 0.3 is 0 Å². The Labute approximate surface area is 182 Å².